The van der Waals surface area contributed by atoms with E-state index in [4.69, 9.17) is 10.5 Å². The topological polar surface area (TPSA) is 102 Å². The second-order valence-electron chi connectivity index (χ2n) is 4.74. The average molecular weight is 258 g/mol. The van der Waals surface area contributed by atoms with Gasteiger partial charge in [0.05, 0.1) is 6.04 Å². The van der Waals surface area contributed by atoms with Gasteiger partial charge in [-0.3, -0.25) is 4.79 Å². The van der Waals surface area contributed by atoms with E-state index < -0.39 is 17.6 Å². The van der Waals surface area contributed by atoms with Gasteiger partial charge in [-0.25, -0.2) is 4.79 Å². The second kappa shape index (κ2) is 6.70. The van der Waals surface area contributed by atoms with Gasteiger partial charge < -0.3 is 20.9 Å². The van der Waals surface area contributed by atoms with Gasteiger partial charge in [0.25, 0.3) is 0 Å². The van der Waals surface area contributed by atoms with Crippen molar-refractivity contribution in [3.8, 4) is 0 Å². The van der Waals surface area contributed by atoms with Gasteiger partial charge in [0.2, 0.25) is 5.91 Å². The predicted molar refractivity (Wildman–Crippen MR) is 66.1 cm³/mol. The summed E-state index contributed by atoms with van der Waals surface area (Å²) >= 11 is 0. The molecule has 18 heavy (non-hydrogen) atoms. The van der Waals surface area contributed by atoms with E-state index in [1.54, 1.807) is 0 Å². The summed E-state index contributed by atoms with van der Waals surface area (Å²) in [6.45, 7) is 2.70. The number of hydrogen-bond donors (Lipinski definition) is 3. The quantitative estimate of drug-likeness (QED) is 0.634. The maximum atomic E-state index is 11.9. The number of carbonyl (C=O) groups excluding carboxylic acids is 1. The van der Waals surface area contributed by atoms with Crippen LogP contribution in [0.4, 0.5) is 0 Å². The van der Waals surface area contributed by atoms with Gasteiger partial charge in [-0.2, -0.15) is 0 Å². The van der Waals surface area contributed by atoms with Crippen molar-refractivity contribution in [3.05, 3.63) is 0 Å². The van der Waals surface area contributed by atoms with E-state index in [0.29, 0.717) is 19.6 Å². The molecule has 0 bridgehead atoms. The van der Waals surface area contributed by atoms with E-state index in [1.807, 2.05) is 6.92 Å². The average Bonchev–Trinajstić information content (AvgIpc) is 2.36. The van der Waals surface area contributed by atoms with Crippen molar-refractivity contribution in [3.63, 3.8) is 0 Å². The van der Waals surface area contributed by atoms with Crippen LogP contribution in [0.3, 0.4) is 0 Å². The van der Waals surface area contributed by atoms with Crippen LogP contribution in [-0.4, -0.2) is 41.8 Å². The number of hydrogen-bond acceptors (Lipinski definition) is 4. The number of carbonyl (C=O) groups is 2. The van der Waals surface area contributed by atoms with Crippen LogP contribution in [0, 0.1) is 0 Å². The number of aliphatic carboxylic acids is 1. The monoisotopic (exact) mass is 258 g/mol. The maximum Gasteiger partial charge on any atom is 0.329 e. The van der Waals surface area contributed by atoms with E-state index in [9.17, 15) is 14.7 Å². The highest BCUT2D eigenvalue weighted by molar-refractivity contribution is 5.89. The Balaban J connectivity index is 2.60. The molecule has 1 aliphatic rings. The highest BCUT2D eigenvalue weighted by Gasteiger charge is 2.42. The number of rotatable bonds is 6. The van der Waals surface area contributed by atoms with Crippen molar-refractivity contribution in [2.75, 3.05) is 13.2 Å². The summed E-state index contributed by atoms with van der Waals surface area (Å²) in [7, 11) is 0. The Labute approximate surface area is 107 Å². The Morgan fingerprint density at radius 1 is 1.44 bits per heavy atom. The van der Waals surface area contributed by atoms with Crippen LogP contribution in [0.1, 0.15) is 39.0 Å². The van der Waals surface area contributed by atoms with Crippen molar-refractivity contribution < 1.29 is 19.4 Å². The minimum Gasteiger partial charge on any atom is -0.480 e. The molecule has 1 aliphatic heterocycles. The summed E-state index contributed by atoms with van der Waals surface area (Å²) in [5, 5.41) is 11.9. The van der Waals surface area contributed by atoms with Gasteiger partial charge in [0.15, 0.2) is 0 Å². The summed E-state index contributed by atoms with van der Waals surface area (Å²) in [5.74, 6) is -1.39. The first-order chi connectivity index (χ1) is 8.52. The lowest BCUT2D eigenvalue weighted by Crippen LogP contribution is -2.60. The number of amides is 1. The van der Waals surface area contributed by atoms with Crippen LogP contribution < -0.4 is 11.1 Å². The van der Waals surface area contributed by atoms with E-state index in [-0.39, 0.29) is 18.7 Å². The zero-order valence-electron chi connectivity index (χ0n) is 10.8. The summed E-state index contributed by atoms with van der Waals surface area (Å²) in [6, 6.07) is -0.635. The van der Waals surface area contributed by atoms with Crippen LogP contribution in [0.2, 0.25) is 0 Å². The number of carboxylic acids is 1. The van der Waals surface area contributed by atoms with Crippen molar-refractivity contribution in [1.82, 2.24) is 5.32 Å². The molecule has 1 atom stereocenters. The standard InChI is InChI=1S/C12H22N2O4/c1-2-3-4-9(13)10(15)14-12(11(16)17)5-7-18-8-6-12/h9H,2-8,13H2,1H3,(H,14,15)(H,16,17). The Morgan fingerprint density at radius 3 is 2.56 bits per heavy atom. The molecule has 0 aromatic rings. The Hall–Kier alpha value is -1.14. The summed E-state index contributed by atoms with van der Waals surface area (Å²) < 4.78 is 5.14. The van der Waals surface area contributed by atoms with E-state index in [0.717, 1.165) is 12.8 Å². The summed E-state index contributed by atoms with van der Waals surface area (Å²) in [5.41, 5.74) is 4.53. The normalized spacial score (nSPS) is 20.1. The number of carboxylic acid groups (broad SMARTS) is 1. The van der Waals surface area contributed by atoms with Crippen molar-refractivity contribution in [1.29, 1.82) is 0 Å². The molecule has 6 nitrogen and oxygen atoms in total. The molecule has 4 N–H and O–H groups in total. The van der Waals surface area contributed by atoms with E-state index in [2.05, 4.69) is 5.32 Å². The maximum absolute atomic E-state index is 11.9. The smallest absolute Gasteiger partial charge is 0.329 e. The van der Waals surface area contributed by atoms with Gasteiger partial charge in [-0.05, 0) is 6.42 Å². The molecule has 0 aromatic carbocycles. The molecule has 0 aromatic heterocycles. The molecular weight excluding hydrogens is 236 g/mol. The Bertz CT molecular complexity index is 300. The SMILES string of the molecule is CCCCC(N)C(=O)NC1(C(=O)O)CCOCC1. The molecule has 6 heteroatoms. The molecule has 104 valence electrons. The zero-order chi connectivity index (χ0) is 13.6. The van der Waals surface area contributed by atoms with Gasteiger partial charge in [0.1, 0.15) is 5.54 Å². The first-order valence-electron chi connectivity index (χ1n) is 6.40. The van der Waals surface area contributed by atoms with Crippen molar-refractivity contribution >= 4 is 11.9 Å². The number of unbranched alkanes of at least 4 members (excludes halogenated alkanes) is 1. The molecule has 0 radical (unpaired) electrons. The van der Waals surface area contributed by atoms with Gasteiger partial charge in [-0.1, -0.05) is 19.8 Å². The van der Waals surface area contributed by atoms with Gasteiger partial charge >= 0.3 is 5.97 Å². The molecule has 1 saturated heterocycles. The molecule has 1 fully saturated rings. The third kappa shape index (κ3) is 3.68. The van der Waals surface area contributed by atoms with Gasteiger partial charge in [-0.15, -0.1) is 0 Å². The largest absolute Gasteiger partial charge is 0.480 e. The minimum atomic E-state index is -1.21. The third-order valence-corrected chi connectivity index (χ3v) is 3.32. The lowest BCUT2D eigenvalue weighted by Gasteiger charge is -2.34. The molecule has 0 saturated carbocycles. The van der Waals surface area contributed by atoms with Crippen molar-refractivity contribution in [2.45, 2.75) is 50.6 Å². The predicted octanol–water partition coefficient (Wildman–Crippen LogP) is 0.254. The summed E-state index contributed by atoms with van der Waals surface area (Å²) in [4.78, 5) is 23.2. The fraction of sp³-hybridized carbons (Fsp3) is 0.833. The number of ether oxygens (including phenoxy) is 1. The lowest BCUT2D eigenvalue weighted by molar-refractivity contribution is -0.152. The molecule has 1 heterocycles. The number of nitrogens with one attached hydrogen (secondary N) is 1. The van der Waals surface area contributed by atoms with Crippen molar-refractivity contribution in [2.24, 2.45) is 5.73 Å². The zero-order valence-corrected chi connectivity index (χ0v) is 10.8. The number of nitrogens with two attached hydrogens (primary N) is 1. The van der Waals surface area contributed by atoms with Crippen LogP contribution in [0.25, 0.3) is 0 Å². The molecule has 1 unspecified atom stereocenters. The van der Waals surface area contributed by atoms with E-state index >= 15 is 0 Å². The van der Waals surface area contributed by atoms with Crippen LogP contribution in [-0.2, 0) is 14.3 Å². The molecule has 1 amide bonds. The molecule has 0 spiro atoms. The minimum absolute atomic E-state index is 0.286. The molecule has 1 rings (SSSR count). The fourth-order valence-electron chi connectivity index (χ4n) is 2.00. The Morgan fingerprint density at radius 2 is 2.06 bits per heavy atom. The highest BCUT2D eigenvalue weighted by Crippen LogP contribution is 2.21. The first-order valence-corrected chi connectivity index (χ1v) is 6.40. The van der Waals surface area contributed by atoms with Gasteiger partial charge in [0, 0.05) is 26.1 Å². The molecule has 0 aliphatic carbocycles. The Kier molecular flexibility index (Phi) is 5.55. The first kappa shape index (κ1) is 14.9. The third-order valence-electron chi connectivity index (χ3n) is 3.32. The van der Waals surface area contributed by atoms with Crippen LogP contribution >= 0.6 is 0 Å². The lowest BCUT2D eigenvalue weighted by atomic mass is 9.89. The molecular formula is C12H22N2O4. The fourth-order valence-corrected chi connectivity index (χ4v) is 2.00. The van der Waals surface area contributed by atoms with Crippen LogP contribution in [0.15, 0.2) is 0 Å². The second-order valence-corrected chi connectivity index (χ2v) is 4.74. The summed E-state index contributed by atoms with van der Waals surface area (Å²) in [6.07, 6.45) is 2.97. The highest BCUT2D eigenvalue weighted by atomic mass is 16.5. The van der Waals surface area contributed by atoms with Crippen LogP contribution in [0.5, 0.6) is 0 Å². The van der Waals surface area contributed by atoms with E-state index in [1.165, 1.54) is 0 Å².